The highest BCUT2D eigenvalue weighted by atomic mass is 32.1. The van der Waals surface area contributed by atoms with Crippen LogP contribution < -0.4 is 9.80 Å². The summed E-state index contributed by atoms with van der Waals surface area (Å²) in [4.78, 5) is 18.2. The van der Waals surface area contributed by atoms with E-state index in [1.165, 1.54) is 37.0 Å². The van der Waals surface area contributed by atoms with Crippen LogP contribution in [0.5, 0.6) is 0 Å². The number of anilines is 2. The quantitative estimate of drug-likeness (QED) is 0.595. The number of ether oxygens (including phenoxy) is 1. The zero-order valence-electron chi connectivity index (χ0n) is 15.6. The first-order chi connectivity index (χ1) is 12.9. The lowest BCUT2D eigenvalue weighted by molar-refractivity contribution is 0.122. The van der Waals surface area contributed by atoms with Gasteiger partial charge in [-0.15, -0.1) is 11.3 Å². The Balaban J connectivity index is 1.61. The van der Waals surface area contributed by atoms with E-state index in [0.717, 1.165) is 63.1 Å². The minimum absolute atomic E-state index is 0.774. The van der Waals surface area contributed by atoms with Crippen molar-refractivity contribution in [2.45, 2.75) is 39.0 Å². The maximum absolute atomic E-state index is 5.42. The minimum atomic E-state index is 0.774. The van der Waals surface area contributed by atoms with Crippen LogP contribution in [0, 0.1) is 5.51 Å². The van der Waals surface area contributed by atoms with Gasteiger partial charge in [0.25, 0.3) is 0 Å². The Morgan fingerprint density at radius 1 is 1.15 bits per heavy atom. The Hall–Kier alpha value is -1.73. The van der Waals surface area contributed by atoms with Gasteiger partial charge in [0, 0.05) is 38.0 Å². The normalized spacial score (nSPS) is 14.6. The van der Waals surface area contributed by atoms with E-state index < -0.39 is 0 Å². The zero-order valence-corrected chi connectivity index (χ0v) is 16.4. The molecule has 1 aliphatic heterocycles. The van der Waals surface area contributed by atoms with E-state index >= 15 is 0 Å². The molecule has 1 saturated heterocycles. The Kier molecular flexibility index (Phi) is 7.64. The number of unbranched alkanes of at least 4 members (excludes halogenated alkanes) is 3. The molecule has 1 radical (unpaired) electrons. The SMILES string of the molecule is CCCCCCN(CCc1cs[c]n1)c1ncc(N2CCOCC2)cn1. The topological polar surface area (TPSA) is 54.4 Å². The van der Waals surface area contributed by atoms with E-state index in [0.29, 0.717) is 0 Å². The van der Waals surface area contributed by atoms with Gasteiger partial charge in [-0.2, -0.15) is 0 Å². The summed E-state index contributed by atoms with van der Waals surface area (Å²) in [6, 6.07) is 0. The van der Waals surface area contributed by atoms with Crippen molar-refractivity contribution in [1.82, 2.24) is 15.0 Å². The van der Waals surface area contributed by atoms with Gasteiger partial charge in [-0.3, -0.25) is 0 Å². The van der Waals surface area contributed by atoms with Crippen molar-refractivity contribution in [3.63, 3.8) is 0 Å². The third kappa shape index (κ3) is 5.64. The highest BCUT2D eigenvalue weighted by Crippen LogP contribution is 2.17. The molecule has 0 unspecified atom stereocenters. The predicted octanol–water partition coefficient (Wildman–Crippen LogP) is 3.20. The summed E-state index contributed by atoms with van der Waals surface area (Å²) in [5.41, 5.74) is 5.10. The molecule has 1 aliphatic rings. The van der Waals surface area contributed by atoms with Crippen LogP contribution in [0.3, 0.4) is 0 Å². The summed E-state index contributed by atoms with van der Waals surface area (Å²) in [6.45, 7) is 7.48. The van der Waals surface area contributed by atoms with Crippen molar-refractivity contribution < 1.29 is 4.74 Å². The molecule has 6 nitrogen and oxygen atoms in total. The summed E-state index contributed by atoms with van der Waals surface area (Å²) in [6.07, 6.45) is 9.76. The van der Waals surface area contributed by atoms with Crippen molar-refractivity contribution in [2.75, 3.05) is 49.2 Å². The lowest BCUT2D eigenvalue weighted by Crippen LogP contribution is -2.36. The first-order valence-corrected chi connectivity index (χ1v) is 10.4. The number of morpholine rings is 1. The van der Waals surface area contributed by atoms with Crippen LogP contribution in [-0.4, -0.2) is 54.3 Å². The zero-order chi connectivity index (χ0) is 18.0. The summed E-state index contributed by atoms with van der Waals surface area (Å²) in [7, 11) is 0. The second-order valence-corrected chi connectivity index (χ2v) is 7.22. The number of hydrogen-bond acceptors (Lipinski definition) is 7. The molecule has 1 fully saturated rings. The first kappa shape index (κ1) is 19.0. The fourth-order valence-corrected chi connectivity index (χ4v) is 3.60. The second-order valence-electron chi connectivity index (χ2n) is 6.57. The number of rotatable bonds is 10. The summed E-state index contributed by atoms with van der Waals surface area (Å²) < 4.78 is 5.42. The number of hydrogen-bond donors (Lipinski definition) is 0. The van der Waals surface area contributed by atoms with Crippen molar-refractivity contribution in [1.29, 1.82) is 0 Å². The van der Waals surface area contributed by atoms with E-state index in [2.05, 4.69) is 42.6 Å². The molecule has 141 valence electrons. The van der Waals surface area contributed by atoms with E-state index in [1.54, 1.807) is 0 Å². The van der Waals surface area contributed by atoms with Gasteiger partial charge in [-0.25, -0.2) is 15.0 Å². The van der Waals surface area contributed by atoms with Crippen LogP contribution in [0.25, 0.3) is 0 Å². The monoisotopic (exact) mass is 374 g/mol. The van der Waals surface area contributed by atoms with Gasteiger partial charge in [0.05, 0.1) is 37.0 Å². The Morgan fingerprint density at radius 2 is 1.96 bits per heavy atom. The summed E-state index contributed by atoms with van der Waals surface area (Å²) in [5, 5.41) is 2.07. The average molecular weight is 375 g/mol. The molecule has 7 heteroatoms. The van der Waals surface area contributed by atoms with Gasteiger partial charge in [-0.1, -0.05) is 26.2 Å². The molecule has 2 aromatic rings. The van der Waals surface area contributed by atoms with Gasteiger partial charge in [0.2, 0.25) is 5.95 Å². The summed E-state index contributed by atoms with van der Waals surface area (Å²) >= 11 is 1.53. The van der Waals surface area contributed by atoms with E-state index in [1.807, 2.05) is 12.4 Å². The third-order valence-corrected chi connectivity index (χ3v) is 5.23. The van der Waals surface area contributed by atoms with E-state index in [4.69, 9.17) is 4.74 Å². The molecule has 0 aromatic carbocycles. The largest absolute Gasteiger partial charge is 0.378 e. The van der Waals surface area contributed by atoms with Crippen molar-refractivity contribution in [3.05, 3.63) is 29.0 Å². The van der Waals surface area contributed by atoms with Crippen LogP contribution in [0.2, 0.25) is 0 Å². The van der Waals surface area contributed by atoms with Crippen LogP contribution in [0.4, 0.5) is 11.6 Å². The average Bonchev–Trinajstić information content (AvgIpc) is 3.22. The minimum Gasteiger partial charge on any atom is -0.378 e. The Morgan fingerprint density at radius 3 is 2.65 bits per heavy atom. The standard InChI is InChI=1S/C19H28N5OS/c1-2-3-4-5-7-24(8-6-17-15-26-16-22-17)19-20-13-18(14-21-19)23-9-11-25-12-10-23/h13-15H,2-12H2,1H3. The molecule has 0 aliphatic carbocycles. The lowest BCUT2D eigenvalue weighted by Gasteiger charge is -2.29. The highest BCUT2D eigenvalue weighted by molar-refractivity contribution is 7.07. The Labute approximate surface area is 160 Å². The molecule has 0 N–H and O–H groups in total. The van der Waals surface area contributed by atoms with Gasteiger partial charge in [0.15, 0.2) is 5.51 Å². The predicted molar refractivity (Wildman–Crippen MR) is 106 cm³/mol. The molecule has 26 heavy (non-hydrogen) atoms. The maximum Gasteiger partial charge on any atom is 0.225 e. The van der Waals surface area contributed by atoms with Gasteiger partial charge in [-0.05, 0) is 6.42 Å². The molecule has 0 amide bonds. The molecule has 2 aromatic heterocycles. The molecule has 0 spiro atoms. The molecule has 3 rings (SSSR count). The van der Waals surface area contributed by atoms with Crippen LogP contribution in [0.1, 0.15) is 38.3 Å². The lowest BCUT2D eigenvalue weighted by atomic mass is 10.2. The second kappa shape index (κ2) is 10.4. The molecular formula is C19H28N5OS. The van der Waals surface area contributed by atoms with Gasteiger partial charge >= 0.3 is 0 Å². The van der Waals surface area contributed by atoms with Crippen molar-refractivity contribution in [3.8, 4) is 0 Å². The molecular weight excluding hydrogens is 346 g/mol. The summed E-state index contributed by atoms with van der Waals surface area (Å²) in [5.74, 6) is 0.817. The van der Waals surface area contributed by atoms with Crippen LogP contribution in [-0.2, 0) is 11.2 Å². The maximum atomic E-state index is 5.42. The molecule has 0 saturated carbocycles. The first-order valence-electron chi connectivity index (χ1n) is 9.57. The van der Waals surface area contributed by atoms with E-state index in [9.17, 15) is 0 Å². The van der Waals surface area contributed by atoms with Gasteiger partial charge < -0.3 is 14.5 Å². The number of aromatic nitrogens is 3. The fraction of sp³-hybridized carbons (Fsp3) is 0.632. The number of nitrogens with zero attached hydrogens (tertiary/aromatic N) is 5. The fourth-order valence-electron chi connectivity index (χ4n) is 3.07. The van der Waals surface area contributed by atoms with Crippen molar-refractivity contribution >= 4 is 23.0 Å². The highest BCUT2D eigenvalue weighted by Gasteiger charge is 2.14. The third-order valence-electron chi connectivity index (χ3n) is 4.64. The molecule has 3 heterocycles. The molecule has 0 bridgehead atoms. The molecule has 0 atom stereocenters. The number of thiazole rings is 1. The van der Waals surface area contributed by atoms with Crippen molar-refractivity contribution in [2.24, 2.45) is 0 Å². The van der Waals surface area contributed by atoms with Crippen LogP contribution >= 0.6 is 11.3 Å². The van der Waals surface area contributed by atoms with Crippen LogP contribution in [0.15, 0.2) is 17.8 Å². The Bertz CT molecular complexity index is 613. The van der Waals surface area contributed by atoms with Gasteiger partial charge in [0.1, 0.15) is 0 Å². The van der Waals surface area contributed by atoms with E-state index in [-0.39, 0.29) is 0 Å². The smallest absolute Gasteiger partial charge is 0.225 e.